The Morgan fingerprint density at radius 2 is 2.12 bits per heavy atom. The zero-order chi connectivity index (χ0) is 12.4. The first-order valence-corrected chi connectivity index (χ1v) is 5.02. The van der Waals surface area contributed by atoms with Crippen molar-refractivity contribution in [3.63, 3.8) is 0 Å². The Hall–Kier alpha value is -1.79. The monoisotopic (exact) mass is 238 g/mol. The number of halogens is 2. The van der Waals surface area contributed by atoms with Crippen LogP contribution in [0.25, 0.3) is 0 Å². The van der Waals surface area contributed by atoms with E-state index in [-0.39, 0.29) is 5.56 Å². The Bertz CT molecular complexity index is 524. The first-order chi connectivity index (χ1) is 8.13. The number of benzene rings is 1. The Labute approximate surface area is 97.0 Å². The summed E-state index contributed by atoms with van der Waals surface area (Å²) in [5, 5.41) is 3.98. The molecule has 2 aromatic rings. The van der Waals surface area contributed by atoms with Crippen molar-refractivity contribution in [3.05, 3.63) is 53.4 Å². The van der Waals surface area contributed by atoms with Crippen LogP contribution < -0.4 is 11.3 Å². The van der Waals surface area contributed by atoms with Crippen molar-refractivity contribution in [1.82, 2.24) is 15.2 Å². The fraction of sp³-hybridized carbons (Fsp3) is 0.182. The molecular formula is C11H12F2N4. The highest BCUT2D eigenvalue weighted by Gasteiger charge is 2.19. The number of rotatable bonds is 3. The SMILES string of the molecule is Cn1nccc1C(NN)c1ccc(F)cc1F. The van der Waals surface area contributed by atoms with Crippen molar-refractivity contribution >= 4 is 0 Å². The summed E-state index contributed by atoms with van der Waals surface area (Å²) in [5.74, 6) is 4.16. The Morgan fingerprint density at radius 1 is 1.35 bits per heavy atom. The van der Waals surface area contributed by atoms with Crippen LogP contribution in [-0.4, -0.2) is 9.78 Å². The normalized spacial score (nSPS) is 12.7. The lowest BCUT2D eigenvalue weighted by Crippen LogP contribution is -2.31. The average molecular weight is 238 g/mol. The van der Waals surface area contributed by atoms with Gasteiger partial charge in [-0.25, -0.2) is 14.2 Å². The largest absolute Gasteiger partial charge is 0.271 e. The molecule has 0 radical (unpaired) electrons. The lowest BCUT2D eigenvalue weighted by atomic mass is 10.0. The predicted octanol–water partition coefficient (Wildman–Crippen LogP) is 1.25. The van der Waals surface area contributed by atoms with Gasteiger partial charge in [-0.15, -0.1) is 0 Å². The number of nitrogens with zero attached hydrogens (tertiary/aromatic N) is 2. The van der Waals surface area contributed by atoms with E-state index in [4.69, 9.17) is 5.84 Å². The summed E-state index contributed by atoms with van der Waals surface area (Å²) in [7, 11) is 1.72. The number of aryl methyl sites for hydroxylation is 1. The molecule has 1 heterocycles. The van der Waals surface area contributed by atoms with Crippen LogP contribution in [0.15, 0.2) is 30.5 Å². The van der Waals surface area contributed by atoms with Gasteiger partial charge in [-0.3, -0.25) is 10.5 Å². The van der Waals surface area contributed by atoms with Gasteiger partial charge in [0.05, 0.1) is 11.7 Å². The Balaban J connectivity index is 2.46. The van der Waals surface area contributed by atoms with Crippen LogP contribution in [0.3, 0.4) is 0 Å². The molecule has 6 heteroatoms. The molecule has 17 heavy (non-hydrogen) atoms. The maximum Gasteiger partial charge on any atom is 0.131 e. The minimum atomic E-state index is -0.644. The molecule has 3 N–H and O–H groups in total. The maximum absolute atomic E-state index is 13.6. The molecule has 0 aliphatic carbocycles. The van der Waals surface area contributed by atoms with Crippen molar-refractivity contribution in [2.45, 2.75) is 6.04 Å². The Morgan fingerprint density at radius 3 is 2.65 bits per heavy atom. The molecular weight excluding hydrogens is 226 g/mol. The maximum atomic E-state index is 13.6. The molecule has 1 aromatic heterocycles. The highest BCUT2D eigenvalue weighted by atomic mass is 19.1. The van der Waals surface area contributed by atoms with Gasteiger partial charge in [-0.1, -0.05) is 6.07 Å². The van der Waals surface area contributed by atoms with E-state index in [1.807, 2.05) is 0 Å². The number of hydrazine groups is 1. The third-order valence-corrected chi connectivity index (χ3v) is 2.59. The highest BCUT2D eigenvalue weighted by molar-refractivity contribution is 5.29. The quantitative estimate of drug-likeness (QED) is 0.625. The highest BCUT2D eigenvalue weighted by Crippen LogP contribution is 2.23. The van der Waals surface area contributed by atoms with Gasteiger partial charge in [0, 0.05) is 24.9 Å². The van der Waals surface area contributed by atoms with Crippen molar-refractivity contribution in [3.8, 4) is 0 Å². The summed E-state index contributed by atoms with van der Waals surface area (Å²) in [6.07, 6.45) is 1.58. The third kappa shape index (κ3) is 2.17. The van der Waals surface area contributed by atoms with Crippen molar-refractivity contribution < 1.29 is 8.78 Å². The van der Waals surface area contributed by atoms with Crippen molar-refractivity contribution in [1.29, 1.82) is 0 Å². The van der Waals surface area contributed by atoms with E-state index in [2.05, 4.69) is 10.5 Å². The minimum Gasteiger partial charge on any atom is -0.271 e. The molecule has 0 spiro atoms. The van der Waals surface area contributed by atoms with Crippen LogP contribution in [0.4, 0.5) is 8.78 Å². The molecule has 0 bridgehead atoms. The molecule has 4 nitrogen and oxygen atoms in total. The summed E-state index contributed by atoms with van der Waals surface area (Å²) in [6, 6.07) is 4.54. The summed E-state index contributed by atoms with van der Waals surface area (Å²) in [5.41, 5.74) is 3.47. The summed E-state index contributed by atoms with van der Waals surface area (Å²) < 4.78 is 28.1. The van der Waals surface area contributed by atoms with Crippen molar-refractivity contribution in [2.75, 3.05) is 0 Å². The van der Waals surface area contributed by atoms with Gasteiger partial charge in [0.2, 0.25) is 0 Å². The van der Waals surface area contributed by atoms with Gasteiger partial charge in [0.1, 0.15) is 11.6 Å². The Kier molecular flexibility index (Phi) is 3.16. The average Bonchev–Trinajstić information content (AvgIpc) is 2.69. The van der Waals surface area contributed by atoms with E-state index in [9.17, 15) is 8.78 Å². The molecule has 1 unspecified atom stereocenters. The molecule has 0 amide bonds. The topological polar surface area (TPSA) is 55.9 Å². The van der Waals surface area contributed by atoms with Crippen molar-refractivity contribution in [2.24, 2.45) is 12.9 Å². The second-order valence-corrected chi connectivity index (χ2v) is 3.65. The second kappa shape index (κ2) is 4.60. The summed E-state index contributed by atoms with van der Waals surface area (Å²) in [6.45, 7) is 0. The first kappa shape index (κ1) is 11.7. The van der Waals surface area contributed by atoms with Gasteiger partial charge < -0.3 is 0 Å². The number of hydrogen-bond acceptors (Lipinski definition) is 3. The molecule has 1 atom stereocenters. The van der Waals surface area contributed by atoms with E-state index in [1.54, 1.807) is 24.0 Å². The van der Waals surface area contributed by atoms with Crippen LogP contribution in [-0.2, 0) is 7.05 Å². The summed E-state index contributed by atoms with van der Waals surface area (Å²) in [4.78, 5) is 0. The molecule has 90 valence electrons. The van der Waals surface area contributed by atoms with Crippen LogP contribution in [0.2, 0.25) is 0 Å². The van der Waals surface area contributed by atoms with Crippen LogP contribution in [0.1, 0.15) is 17.3 Å². The predicted molar refractivity (Wildman–Crippen MR) is 58.7 cm³/mol. The van der Waals surface area contributed by atoms with Crippen LogP contribution >= 0.6 is 0 Å². The standard InChI is InChI=1S/C11H12F2N4/c1-17-10(4-5-15-17)11(16-14)8-3-2-7(12)6-9(8)13/h2-6,11,16H,14H2,1H3. The fourth-order valence-electron chi connectivity index (χ4n) is 1.74. The zero-order valence-corrected chi connectivity index (χ0v) is 9.19. The third-order valence-electron chi connectivity index (χ3n) is 2.59. The van der Waals surface area contributed by atoms with E-state index < -0.39 is 17.7 Å². The molecule has 0 saturated carbocycles. The van der Waals surface area contributed by atoms with Gasteiger partial charge in [0.25, 0.3) is 0 Å². The van der Waals surface area contributed by atoms with Crippen LogP contribution in [0.5, 0.6) is 0 Å². The van der Waals surface area contributed by atoms with Gasteiger partial charge in [-0.2, -0.15) is 5.10 Å². The molecule has 0 saturated heterocycles. The molecule has 0 fully saturated rings. The fourth-order valence-corrected chi connectivity index (χ4v) is 1.74. The molecule has 0 aliphatic rings. The second-order valence-electron chi connectivity index (χ2n) is 3.65. The lowest BCUT2D eigenvalue weighted by Gasteiger charge is -2.17. The van der Waals surface area contributed by atoms with Gasteiger partial charge in [0.15, 0.2) is 0 Å². The van der Waals surface area contributed by atoms with Gasteiger partial charge in [-0.05, 0) is 12.1 Å². The molecule has 2 rings (SSSR count). The number of hydrogen-bond donors (Lipinski definition) is 2. The number of nitrogens with two attached hydrogens (primary N) is 1. The first-order valence-electron chi connectivity index (χ1n) is 5.02. The summed E-state index contributed by atoms with van der Waals surface area (Å²) >= 11 is 0. The van der Waals surface area contributed by atoms with Gasteiger partial charge >= 0.3 is 0 Å². The van der Waals surface area contributed by atoms with E-state index in [1.165, 1.54) is 12.1 Å². The number of nitrogens with one attached hydrogen (secondary N) is 1. The van der Waals surface area contributed by atoms with E-state index in [0.717, 1.165) is 6.07 Å². The van der Waals surface area contributed by atoms with Crippen LogP contribution in [0, 0.1) is 11.6 Å². The minimum absolute atomic E-state index is 0.275. The molecule has 0 aliphatic heterocycles. The molecule has 1 aromatic carbocycles. The lowest BCUT2D eigenvalue weighted by molar-refractivity contribution is 0.522. The zero-order valence-electron chi connectivity index (χ0n) is 9.19. The van der Waals surface area contributed by atoms with E-state index >= 15 is 0 Å². The number of aromatic nitrogens is 2. The van der Waals surface area contributed by atoms with E-state index in [0.29, 0.717) is 5.69 Å². The smallest absolute Gasteiger partial charge is 0.131 e.